The quantitative estimate of drug-likeness (QED) is 0.778. The van der Waals surface area contributed by atoms with Gasteiger partial charge in [0, 0.05) is 11.7 Å². The van der Waals surface area contributed by atoms with E-state index in [0.717, 1.165) is 10.5 Å². The summed E-state index contributed by atoms with van der Waals surface area (Å²) in [6.45, 7) is 11.7. The minimum Gasteiger partial charge on any atom is -0.382 e. The molecule has 0 aliphatic heterocycles. The first-order valence-corrected chi connectivity index (χ1v) is 8.68. The van der Waals surface area contributed by atoms with Crippen LogP contribution in [0, 0.1) is 17.8 Å². The number of aromatic nitrogens is 1. The Morgan fingerprint density at radius 1 is 1.14 bits per heavy atom. The van der Waals surface area contributed by atoms with Crippen molar-refractivity contribution in [3.05, 3.63) is 23.2 Å². The number of nitrogens with one attached hydrogen (secondary N) is 1. The highest BCUT2D eigenvalue weighted by atomic mass is 32.1. The molecule has 1 aliphatic rings. The predicted octanol–water partition coefficient (Wildman–Crippen LogP) is 5.62. The maximum Gasteiger partial charge on any atom is 0.0907 e. The van der Waals surface area contributed by atoms with E-state index in [4.69, 9.17) is 0 Å². The van der Waals surface area contributed by atoms with Crippen LogP contribution in [0.5, 0.6) is 0 Å². The number of fused-ring (bicyclic) bond motifs is 1. The van der Waals surface area contributed by atoms with Gasteiger partial charge in [-0.2, -0.15) is 0 Å². The van der Waals surface area contributed by atoms with Crippen molar-refractivity contribution >= 4 is 27.2 Å². The fourth-order valence-electron chi connectivity index (χ4n) is 4.31. The van der Waals surface area contributed by atoms with E-state index in [2.05, 4.69) is 63.1 Å². The largest absolute Gasteiger partial charge is 0.382 e. The number of hydrogen-bond acceptors (Lipinski definition) is 3. The topological polar surface area (TPSA) is 24.9 Å². The molecule has 1 aromatic carbocycles. The Morgan fingerprint density at radius 2 is 1.81 bits per heavy atom. The summed E-state index contributed by atoms with van der Waals surface area (Å²) in [5.41, 5.74) is 3.20. The first-order chi connectivity index (χ1) is 9.72. The molecular formula is C18H26N2S. The van der Waals surface area contributed by atoms with Gasteiger partial charge in [0.05, 0.1) is 15.2 Å². The Kier molecular flexibility index (Phi) is 3.52. The van der Waals surface area contributed by atoms with E-state index in [0.29, 0.717) is 16.9 Å². The summed E-state index contributed by atoms with van der Waals surface area (Å²) >= 11 is 1.78. The first-order valence-electron chi connectivity index (χ1n) is 7.86. The van der Waals surface area contributed by atoms with Crippen molar-refractivity contribution in [2.24, 2.45) is 10.8 Å². The van der Waals surface area contributed by atoms with Crippen LogP contribution in [0.4, 0.5) is 5.69 Å². The summed E-state index contributed by atoms with van der Waals surface area (Å²) in [5.74, 6) is 0. The van der Waals surface area contributed by atoms with Gasteiger partial charge in [-0.15, -0.1) is 11.3 Å². The fraction of sp³-hybridized carbons (Fsp3) is 0.611. The highest BCUT2D eigenvalue weighted by Crippen LogP contribution is 2.46. The maximum absolute atomic E-state index is 4.54. The third-order valence-corrected chi connectivity index (χ3v) is 5.35. The molecule has 0 unspecified atom stereocenters. The van der Waals surface area contributed by atoms with Gasteiger partial charge < -0.3 is 5.32 Å². The second kappa shape index (κ2) is 4.98. The molecule has 0 amide bonds. The Morgan fingerprint density at radius 3 is 2.48 bits per heavy atom. The van der Waals surface area contributed by atoms with Gasteiger partial charge in [-0.3, -0.25) is 0 Å². The van der Waals surface area contributed by atoms with E-state index in [-0.39, 0.29) is 0 Å². The molecule has 2 nitrogen and oxygen atoms in total. The summed E-state index contributed by atoms with van der Waals surface area (Å²) in [4.78, 5) is 4.54. The fourth-order valence-corrected chi connectivity index (χ4v) is 5.18. The molecule has 2 aromatic rings. The molecule has 0 atom stereocenters. The van der Waals surface area contributed by atoms with Crippen LogP contribution in [0.25, 0.3) is 10.2 Å². The van der Waals surface area contributed by atoms with Gasteiger partial charge in [-0.1, -0.05) is 27.7 Å². The van der Waals surface area contributed by atoms with Crippen LogP contribution in [-0.4, -0.2) is 11.0 Å². The van der Waals surface area contributed by atoms with Crippen LogP contribution in [0.3, 0.4) is 0 Å². The first kappa shape index (κ1) is 14.8. The predicted molar refractivity (Wildman–Crippen MR) is 93.2 cm³/mol. The number of anilines is 1. The van der Waals surface area contributed by atoms with Crippen molar-refractivity contribution in [3.8, 4) is 0 Å². The smallest absolute Gasteiger partial charge is 0.0907 e. The number of rotatable bonds is 2. The van der Waals surface area contributed by atoms with E-state index in [1.54, 1.807) is 11.3 Å². The zero-order chi connectivity index (χ0) is 15.3. The van der Waals surface area contributed by atoms with Crippen LogP contribution in [0.1, 0.15) is 52.0 Å². The van der Waals surface area contributed by atoms with Gasteiger partial charge in [0.25, 0.3) is 0 Å². The minimum atomic E-state index is 0.421. The van der Waals surface area contributed by atoms with Crippen molar-refractivity contribution in [2.45, 2.75) is 59.9 Å². The second-order valence-corrected chi connectivity index (χ2v) is 9.40. The molecule has 3 rings (SSSR count). The lowest BCUT2D eigenvalue weighted by Crippen LogP contribution is -2.40. The molecule has 21 heavy (non-hydrogen) atoms. The molecular weight excluding hydrogens is 276 g/mol. The highest BCUT2D eigenvalue weighted by molar-refractivity contribution is 7.18. The third kappa shape index (κ3) is 3.39. The highest BCUT2D eigenvalue weighted by Gasteiger charge is 2.38. The van der Waals surface area contributed by atoms with E-state index in [1.807, 2.05) is 0 Å². The number of benzene rings is 1. The summed E-state index contributed by atoms with van der Waals surface area (Å²) in [5, 5.41) is 4.91. The van der Waals surface area contributed by atoms with E-state index in [1.165, 1.54) is 29.6 Å². The molecule has 114 valence electrons. The SMILES string of the molecule is Cc1nc2ccc(NC3CC(C)(C)CC(C)(C)C3)cc2s1. The number of hydrogen-bond donors (Lipinski definition) is 1. The molecule has 1 aliphatic carbocycles. The maximum atomic E-state index is 4.54. The zero-order valence-electron chi connectivity index (χ0n) is 13.8. The Bertz CT molecular complexity index is 638. The molecule has 1 saturated carbocycles. The summed E-state index contributed by atoms with van der Waals surface area (Å²) < 4.78 is 1.28. The average Bonchev–Trinajstić information content (AvgIpc) is 2.63. The third-order valence-electron chi connectivity index (χ3n) is 4.42. The Balaban J connectivity index is 1.80. The molecule has 1 heterocycles. The Hall–Kier alpha value is -1.09. The summed E-state index contributed by atoms with van der Waals surface area (Å²) in [7, 11) is 0. The monoisotopic (exact) mass is 302 g/mol. The van der Waals surface area contributed by atoms with Crippen LogP contribution < -0.4 is 5.32 Å². The van der Waals surface area contributed by atoms with Crippen molar-refractivity contribution in [3.63, 3.8) is 0 Å². The van der Waals surface area contributed by atoms with E-state index < -0.39 is 0 Å². The van der Waals surface area contributed by atoms with Crippen LogP contribution in [-0.2, 0) is 0 Å². The standard InChI is InChI=1S/C18H26N2S/c1-12-19-15-7-6-13(8-16(15)21-12)20-14-9-17(2,3)11-18(4,5)10-14/h6-8,14,20H,9-11H2,1-5H3. The molecule has 1 N–H and O–H groups in total. The van der Waals surface area contributed by atoms with Gasteiger partial charge in [0.1, 0.15) is 0 Å². The Labute approximate surface area is 132 Å². The lowest BCUT2D eigenvalue weighted by atomic mass is 9.63. The second-order valence-electron chi connectivity index (χ2n) is 8.17. The van der Waals surface area contributed by atoms with E-state index >= 15 is 0 Å². The van der Waals surface area contributed by atoms with Crippen molar-refractivity contribution in [1.29, 1.82) is 0 Å². The van der Waals surface area contributed by atoms with Crippen molar-refractivity contribution < 1.29 is 0 Å². The van der Waals surface area contributed by atoms with Crippen LogP contribution in [0.15, 0.2) is 18.2 Å². The lowest BCUT2D eigenvalue weighted by molar-refractivity contribution is 0.105. The number of aryl methyl sites for hydroxylation is 1. The van der Waals surface area contributed by atoms with Crippen LogP contribution in [0.2, 0.25) is 0 Å². The molecule has 0 radical (unpaired) electrons. The zero-order valence-corrected chi connectivity index (χ0v) is 14.6. The van der Waals surface area contributed by atoms with Gasteiger partial charge in [-0.05, 0) is 55.2 Å². The van der Waals surface area contributed by atoms with Crippen molar-refractivity contribution in [2.75, 3.05) is 5.32 Å². The molecule has 3 heteroatoms. The van der Waals surface area contributed by atoms with Gasteiger partial charge in [0.15, 0.2) is 0 Å². The van der Waals surface area contributed by atoms with Gasteiger partial charge in [0.2, 0.25) is 0 Å². The normalized spacial score (nSPS) is 21.6. The van der Waals surface area contributed by atoms with Gasteiger partial charge in [-0.25, -0.2) is 4.98 Å². The van der Waals surface area contributed by atoms with E-state index in [9.17, 15) is 0 Å². The molecule has 1 fully saturated rings. The van der Waals surface area contributed by atoms with Gasteiger partial charge >= 0.3 is 0 Å². The van der Waals surface area contributed by atoms with Crippen LogP contribution >= 0.6 is 11.3 Å². The summed E-state index contributed by atoms with van der Waals surface area (Å²) in [6, 6.07) is 7.14. The van der Waals surface area contributed by atoms with Crippen molar-refractivity contribution in [1.82, 2.24) is 4.98 Å². The molecule has 0 saturated heterocycles. The summed E-state index contributed by atoms with van der Waals surface area (Å²) in [6.07, 6.45) is 3.80. The lowest BCUT2D eigenvalue weighted by Gasteiger charge is -2.45. The average molecular weight is 302 g/mol. The number of thiazole rings is 1. The molecule has 0 bridgehead atoms. The minimum absolute atomic E-state index is 0.421. The molecule has 1 aromatic heterocycles. The number of nitrogens with zero attached hydrogens (tertiary/aromatic N) is 1. The molecule has 0 spiro atoms.